The number of aromatic nitrogens is 4. The first kappa shape index (κ1) is 17.0. The summed E-state index contributed by atoms with van der Waals surface area (Å²) in [6, 6.07) is 12.0. The highest BCUT2D eigenvalue weighted by atomic mass is 19.1. The Kier molecular flexibility index (Phi) is 4.42. The Labute approximate surface area is 154 Å². The van der Waals surface area contributed by atoms with Gasteiger partial charge in [0.25, 0.3) is 0 Å². The summed E-state index contributed by atoms with van der Waals surface area (Å²) in [6.07, 6.45) is 1.42. The van der Waals surface area contributed by atoms with Crippen LogP contribution < -0.4 is 5.32 Å². The van der Waals surface area contributed by atoms with Crippen molar-refractivity contribution < 1.29 is 8.78 Å². The Morgan fingerprint density at radius 3 is 1.89 bits per heavy atom. The van der Waals surface area contributed by atoms with Gasteiger partial charge >= 0.3 is 0 Å². The zero-order valence-electron chi connectivity index (χ0n) is 14.4. The van der Waals surface area contributed by atoms with Crippen LogP contribution in [-0.4, -0.2) is 26.5 Å². The maximum Gasteiger partial charge on any atom is 0.184 e. The van der Waals surface area contributed by atoms with E-state index in [2.05, 4.69) is 20.3 Å². The molecule has 0 aliphatic rings. The highest BCUT2D eigenvalue weighted by molar-refractivity contribution is 5.89. The van der Waals surface area contributed by atoms with E-state index in [1.54, 1.807) is 24.3 Å². The van der Waals surface area contributed by atoms with Crippen molar-refractivity contribution in [3.63, 3.8) is 0 Å². The molecular formula is C20H15F2N5. The number of nitrogens with zero attached hydrogens (tertiary/aromatic N) is 4. The van der Waals surface area contributed by atoms with Crippen LogP contribution in [0.5, 0.6) is 0 Å². The molecule has 0 unspecified atom stereocenters. The molecule has 0 atom stereocenters. The maximum absolute atomic E-state index is 13.4. The van der Waals surface area contributed by atoms with Gasteiger partial charge in [0.2, 0.25) is 0 Å². The number of anilines is 1. The van der Waals surface area contributed by atoms with Crippen LogP contribution in [0, 0.1) is 11.6 Å². The van der Waals surface area contributed by atoms with Gasteiger partial charge < -0.3 is 5.32 Å². The molecule has 0 amide bonds. The normalized spacial score (nSPS) is 10.9. The quantitative estimate of drug-likeness (QED) is 0.580. The van der Waals surface area contributed by atoms with E-state index in [4.69, 9.17) is 4.98 Å². The van der Waals surface area contributed by atoms with Crippen LogP contribution >= 0.6 is 0 Å². The molecular weight excluding hydrogens is 348 g/mol. The van der Waals surface area contributed by atoms with Crippen LogP contribution in [0.1, 0.15) is 6.92 Å². The van der Waals surface area contributed by atoms with Crippen molar-refractivity contribution in [2.24, 2.45) is 0 Å². The summed E-state index contributed by atoms with van der Waals surface area (Å²) in [7, 11) is 0. The Hall–Kier alpha value is -3.48. The van der Waals surface area contributed by atoms with Crippen LogP contribution in [0.4, 0.5) is 14.6 Å². The summed E-state index contributed by atoms with van der Waals surface area (Å²) >= 11 is 0. The maximum atomic E-state index is 13.4. The minimum absolute atomic E-state index is 0.340. The number of benzene rings is 2. The molecule has 0 spiro atoms. The molecule has 2 heterocycles. The molecule has 4 rings (SSSR count). The lowest BCUT2D eigenvalue weighted by atomic mass is 10.0. The first-order valence-electron chi connectivity index (χ1n) is 8.44. The monoisotopic (exact) mass is 363 g/mol. The van der Waals surface area contributed by atoms with Crippen LogP contribution in [0.25, 0.3) is 33.7 Å². The van der Waals surface area contributed by atoms with Gasteiger partial charge in [0, 0.05) is 17.7 Å². The third-order valence-corrected chi connectivity index (χ3v) is 4.05. The largest absolute Gasteiger partial charge is 0.368 e. The van der Waals surface area contributed by atoms with Crippen molar-refractivity contribution in [3.05, 3.63) is 66.5 Å². The minimum Gasteiger partial charge on any atom is -0.368 e. The fraction of sp³-hybridized carbons (Fsp3) is 0.100. The molecule has 0 aliphatic carbocycles. The van der Waals surface area contributed by atoms with Crippen LogP contribution in [0.15, 0.2) is 54.9 Å². The molecule has 27 heavy (non-hydrogen) atoms. The van der Waals surface area contributed by atoms with Gasteiger partial charge in [-0.1, -0.05) is 0 Å². The van der Waals surface area contributed by atoms with Crippen LogP contribution in [0.3, 0.4) is 0 Å². The molecule has 0 aliphatic heterocycles. The molecule has 0 saturated heterocycles. The molecule has 0 bridgehead atoms. The van der Waals surface area contributed by atoms with Crippen molar-refractivity contribution in [2.75, 3.05) is 11.9 Å². The third-order valence-electron chi connectivity index (χ3n) is 4.05. The molecule has 2 aromatic heterocycles. The van der Waals surface area contributed by atoms with Gasteiger partial charge in [0.15, 0.2) is 17.0 Å². The highest BCUT2D eigenvalue weighted by Gasteiger charge is 2.16. The number of fused-ring (bicyclic) bond motifs is 1. The van der Waals surface area contributed by atoms with E-state index >= 15 is 0 Å². The van der Waals surface area contributed by atoms with Gasteiger partial charge in [0.1, 0.15) is 18.0 Å². The molecule has 5 nitrogen and oxygen atoms in total. The molecule has 0 fully saturated rings. The number of rotatable bonds is 4. The predicted octanol–water partition coefficient (Wildman–Crippen LogP) is 4.46. The molecule has 1 N–H and O–H groups in total. The van der Waals surface area contributed by atoms with Crippen molar-refractivity contribution >= 4 is 17.0 Å². The Morgan fingerprint density at radius 2 is 1.33 bits per heavy atom. The summed E-state index contributed by atoms with van der Waals surface area (Å²) in [4.78, 5) is 17.8. The summed E-state index contributed by atoms with van der Waals surface area (Å²) in [6.45, 7) is 2.62. The smallest absolute Gasteiger partial charge is 0.184 e. The van der Waals surface area contributed by atoms with Gasteiger partial charge in [-0.15, -0.1) is 0 Å². The highest BCUT2D eigenvalue weighted by Crippen LogP contribution is 2.32. The lowest BCUT2D eigenvalue weighted by molar-refractivity contribution is 0.627. The molecule has 7 heteroatoms. The number of nitrogens with one attached hydrogen (secondary N) is 1. The fourth-order valence-corrected chi connectivity index (χ4v) is 2.79. The van der Waals surface area contributed by atoms with Crippen LogP contribution in [0.2, 0.25) is 0 Å². The second-order valence-electron chi connectivity index (χ2n) is 5.86. The molecule has 0 radical (unpaired) electrons. The minimum atomic E-state index is -0.340. The van der Waals surface area contributed by atoms with E-state index in [1.165, 1.54) is 30.6 Å². The number of hydrogen-bond donors (Lipinski definition) is 1. The molecule has 134 valence electrons. The average molecular weight is 363 g/mol. The Morgan fingerprint density at radius 1 is 0.778 bits per heavy atom. The predicted molar refractivity (Wildman–Crippen MR) is 100 cm³/mol. The standard InChI is InChI=1S/C20H15F2N5/c1-2-23-19-18-20(25-11-24-19)27-17(13-5-9-15(22)10-6-13)16(26-18)12-3-7-14(21)8-4-12/h3-11H,2H2,1H3,(H,23,24,25,27). The lowest BCUT2D eigenvalue weighted by Gasteiger charge is -2.12. The van der Waals surface area contributed by atoms with E-state index < -0.39 is 0 Å². The topological polar surface area (TPSA) is 63.6 Å². The Bertz CT molecular complexity index is 1100. The average Bonchev–Trinajstić information content (AvgIpc) is 2.69. The van der Waals surface area contributed by atoms with E-state index in [-0.39, 0.29) is 11.6 Å². The summed E-state index contributed by atoms with van der Waals surface area (Å²) in [5, 5.41) is 3.14. The number of hydrogen-bond acceptors (Lipinski definition) is 5. The Balaban J connectivity index is 2.00. The summed E-state index contributed by atoms with van der Waals surface area (Å²) < 4.78 is 26.7. The van der Waals surface area contributed by atoms with E-state index in [0.29, 0.717) is 46.0 Å². The van der Waals surface area contributed by atoms with Gasteiger partial charge in [-0.2, -0.15) is 0 Å². The second kappa shape index (κ2) is 7.03. The van der Waals surface area contributed by atoms with E-state index in [0.717, 1.165) is 0 Å². The molecule has 4 aromatic rings. The van der Waals surface area contributed by atoms with Crippen molar-refractivity contribution in [1.82, 2.24) is 19.9 Å². The summed E-state index contributed by atoms with van der Waals surface area (Å²) in [5.41, 5.74) is 3.40. The molecule has 2 aromatic carbocycles. The van der Waals surface area contributed by atoms with Gasteiger partial charge in [0.05, 0.1) is 11.4 Å². The SMILES string of the molecule is CCNc1ncnc2nc(-c3ccc(F)cc3)c(-c3ccc(F)cc3)nc12. The molecule has 0 saturated carbocycles. The van der Waals surface area contributed by atoms with Crippen LogP contribution in [-0.2, 0) is 0 Å². The zero-order chi connectivity index (χ0) is 18.8. The second-order valence-corrected chi connectivity index (χ2v) is 5.86. The van der Waals surface area contributed by atoms with Crippen molar-refractivity contribution in [3.8, 4) is 22.5 Å². The van der Waals surface area contributed by atoms with Gasteiger partial charge in [-0.05, 0) is 55.5 Å². The number of halogens is 2. The third kappa shape index (κ3) is 3.31. The summed E-state index contributed by atoms with van der Waals surface area (Å²) in [5.74, 6) is -0.107. The van der Waals surface area contributed by atoms with Crippen molar-refractivity contribution in [1.29, 1.82) is 0 Å². The first-order valence-corrected chi connectivity index (χ1v) is 8.44. The van der Waals surface area contributed by atoms with Gasteiger partial charge in [-0.3, -0.25) is 0 Å². The fourth-order valence-electron chi connectivity index (χ4n) is 2.79. The zero-order valence-corrected chi connectivity index (χ0v) is 14.4. The van der Waals surface area contributed by atoms with E-state index in [1.807, 2.05) is 6.92 Å². The lowest BCUT2D eigenvalue weighted by Crippen LogP contribution is -2.04. The first-order chi connectivity index (χ1) is 13.2. The van der Waals surface area contributed by atoms with E-state index in [9.17, 15) is 8.78 Å². The van der Waals surface area contributed by atoms with Crippen molar-refractivity contribution in [2.45, 2.75) is 6.92 Å². The van der Waals surface area contributed by atoms with Gasteiger partial charge in [-0.25, -0.2) is 28.7 Å².